The first-order valence-electron chi connectivity index (χ1n) is 6.07. The smallest absolute Gasteiger partial charge is 0.117 e. The fourth-order valence-electron chi connectivity index (χ4n) is 2.65. The normalized spacial score (nSPS) is 13.6. The number of fused-ring (bicyclic) bond motifs is 2. The van der Waals surface area contributed by atoms with Crippen LogP contribution in [0.4, 0.5) is 5.69 Å². The van der Waals surface area contributed by atoms with E-state index in [0.717, 1.165) is 18.5 Å². The highest BCUT2D eigenvalue weighted by molar-refractivity contribution is 5.85. The van der Waals surface area contributed by atoms with Crippen molar-refractivity contribution in [1.82, 2.24) is 14.6 Å². The molecule has 2 aromatic heterocycles. The van der Waals surface area contributed by atoms with Crippen LogP contribution in [0.5, 0.6) is 0 Å². The summed E-state index contributed by atoms with van der Waals surface area (Å²) in [6.07, 6.45) is 6.54. The molecule has 0 spiro atoms. The summed E-state index contributed by atoms with van der Waals surface area (Å²) >= 11 is 0. The molecule has 0 saturated heterocycles. The number of aromatic nitrogens is 3. The van der Waals surface area contributed by atoms with Gasteiger partial charge in [0.25, 0.3) is 0 Å². The molecule has 4 rings (SSSR count). The lowest BCUT2D eigenvalue weighted by Crippen LogP contribution is -1.90. The van der Waals surface area contributed by atoms with Crippen LogP contribution < -0.4 is 5.32 Å². The molecule has 88 valence electrons. The largest absolute Gasteiger partial charge is 0.384 e. The van der Waals surface area contributed by atoms with Crippen molar-refractivity contribution in [3.05, 3.63) is 48.5 Å². The fraction of sp³-hybridized carbons (Fsp3) is 0.143. The summed E-state index contributed by atoms with van der Waals surface area (Å²) in [6.45, 7) is 1.02. The predicted octanol–water partition coefficient (Wildman–Crippen LogP) is 2.36. The number of nitrogens with zero attached hydrogens (tertiary/aromatic N) is 3. The van der Waals surface area contributed by atoms with Crippen LogP contribution in [0.15, 0.2) is 43.0 Å². The molecule has 1 aliphatic heterocycles. The molecule has 0 radical (unpaired) electrons. The van der Waals surface area contributed by atoms with Gasteiger partial charge in [-0.1, -0.05) is 12.1 Å². The average molecular weight is 236 g/mol. The van der Waals surface area contributed by atoms with Crippen LogP contribution in [-0.2, 0) is 6.42 Å². The zero-order valence-corrected chi connectivity index (χ0v) is 9.80. The number of hydrogen-bond donors (Lipinski definition) is 1. The van der Waals surface area contributed by atoms with Crippen molar-refractivity contribution in [2.45, 2.75) is 6.42 Å². The Morgan fingerprint density at radius 2 is 2.17 bits per heavy atom. The first kappa shape index (κ1) is 9.65. The van der Waals surface area contributed by atoms with Gasteiger partial charge < -0.3 is 5.32 Å². The van der Waals surface area contributed by atoms with Gasteiger partial charge in [0.2, 0.25) is 0 Å². The Morgan fingerprint density at radius 3 is 3.17 bits per heavy atom. The molecule has 0 aliphatic carbocycles. The molecule has 0 fully saturated rings. The predicted molar refractivity (Wildman–Crippen MR) is 70.6 cm³/mol. The topological polar surface area (TPSA) is 42.2 Å². The van der Waals surface area contributed by atoms with Crippen LogP contribution in [0.25, 0.3) is 16.6 Å². The zero-order chi connectivity index (χ0) is 11.9. The van der Waals surface area contributed by atoms with Crippen LogP contribution in [-0.4, -0.2) is 21.1 Å². The minimum absolute atomic E-state index is 1.02. The maximum Gasteiger partial charge on any atom is 0.117 e. The summed E-state index contributed by atoms with van der Waals surface area (Å²) in [5, 5.41) is 7.77. The monoisotopic (exact) mass is 236 g/mol. The van der Waals surface area contributed by atoms with Crippen molar-refractivity contribution < 1.29 is 0 Å². The molecule has 0 bridgehead atoms. The van der Waals surface area contributed by atoms with E-state index in [0.29, 0.717) is 0 Å². The molecule has 3 aromatic rings. The fourth-order valence-corrected chi connectivity index (χ4v) is 2.65. The minimum Gasteiger partial charge on any atom is -0.384 e. The second-order valence-corrected chi connectivity index (χ2v) is 4.48. The summed E-state index contributed by atoms with van der Waals surface area (Å²) in [4.78, 5) is 4.08. The van der Waals surface area contributed by atoms with Gasteiger partial charge >= 0.3 is 0 Å². The van der Waals surface area contributed by atoms with E-state index in [1.165, 1.54) is 22.4 Å². The van der Waals surface area contributed by atoms with E-state index in [1.54, 1.807) is 6.33 Å². The molecule has 0 atom stereocenters. The van der Waals surface area contributed by atoms with Gasteiger partial charge in [0.1, 0.15) is 6.33 Å². The molecule has 1 aliphatic rings. The van der Waals surface area contributed by atoms with Crippen LogP contribution in [0.2, 0.25) is 0 Å². The van der Waals surface area contributed by atoms with Crippen LogP contribution >= 0.6 is 0 Å². The van der Waals surface area contributed by atoms with E-state index >= 15 is 0 Å². The van der Waals surface area contributed by atoms with Crippen LogP contribution in [0.3, 0.4) is 0 Å². The molecule has 1 aromatic carbocycles. The summed E-state index contributed by atoms with van der Waals surface area (Å²) < 4.78 is 1.82. The molecular formula is C14H12N4. The van der Waals surface area contributed by atoms with Gasteiger partial charge in [-0.2, -0.15) is 5.10 Å². The first-order valence-corrected chi connectivity index (χ1v) is 6.07. The van der Waals surface area contributed by atoms with Gasteiger partial charge in [-0.05, 0) is 29.7 Å². The molecule has 0 amide bonds. The van der Waals surface area contributed by atoms with Crippen molar-refractivity contribution in [3.8, 4) is 11.1 Å². The maximum atomic E-state index is 4.35. The molecule has 18 heavy (non-hydrogen) atoms. The summed E-state index contributed by atoms with van der Waals surface area (Å²) in [5.41, 5.74) is 6.20. The molecule has 1 N–H and O–H groups in total. The highest BCUT2D eigenvalue weighted by Gasteiger charge is 2.17. The third kappa shape index (κ3) is 1.26. The Balaban J connectivity index is 2.01. The molecule has 0 saturated carbocycles. The molecular weight excluding hydrogens is 224 g/mol. The van der Waals surface area contributed by atoms with E-state index in [-0.39, 0.29) is 0 Å². The quantitative estimate of drug-likeness (QED) is 0.705. The number of anilines is 1. The van der Waals surface area contributed by atoms with Gasteiger partial charge in [-0.3, -0.25) is 0 Å². The van der Waals surface area contributed by atoms with Gasteiger partial charge in [-0.25, -0.2) is 9.50 Å². The van der Waals surface area contributed by atoms with Crippen LogP contribution in [0, 0.1) is 0 Å². The SMILES string of the molecule is c1cc2c(c(-c3cnn4cnccc34)c1)CCN2. The molecule has 4 nitrogen and oxygen atoms in total. The summed E-state index contributed by atoms with van der Waals surface area (Å²) in [5.74, 6) is 0. The standard InChI is InChI=1S/C14H12N4/c1-2-10(11-4-7-16-13(11)3-1)12-8-17-18-9-15-6-5-14(12)18/h1-3,5-6,8-9,16H,4,7H2. The van der Waals surface area contributed by atoms with Crippen molar-refractivity contribution in [1.29, 1.82) is 0 Å². The third-order valence-electron chi connectivity index (χ3n) is 3.49. The lowest BCUT2D eigenvalue weighted by Gasteiger charge is -2.06. The highest BCUT2D eigenvalue weighted by atomic mass is 15.2. The Labute approximate surface area is 104 Å². The van der Waals surface area contributed by atoms with Crippen LogP contribution in [0.1, 0.15) is 5.56 Å². The Bertz CT molecular complexity index is 729. The van der Waals surface area contributed by atoms with Crippen molar-refractivity contribution >= 4 is 11.2 Å². The third-order valence-corrected chi connectivity index (χ3v) is 3.49. The minimum atomic E-state index is 1.02. The van der Waals surface area contributed by atoms with Crippen molar-refractivity contribution in [2.24, 2.45) is 0 Å². The second-order valence-electron chi connectivity index (χ2n) is 4.48. The number of rotatable bonds is 1. The summed E-state index contributed by atoms with van der Waals surface area (Å²) in [6, 6.07) is 8.41. The number of benzene rings is 1. The van der Waals surface area contributed by atoms with Crippen molar-refractivity contribution in [2.75, 3.05) is 11.9 Å². The van der Waals surface area contributed by atoms with E-state index in [1.807, 2.05) is 23.0 Å². The summed E-state index contributed by atoms with van der Waals surface area (Å²) in [7, 11) is 0. The lowest BCUT2D eigenvalue weighted by molar-refractivity contribution is 0.921. The lowest BCUT2D eigenvalue weighted by atomic mass is 9.99. The Morgan fingerprint density at radius 1 is 1.17 bits per heavy atom. The maximum absolute atomic E-state index is 4.35. The van der Waals surface area contributed by atoms with Gasteiger partial charge in [0, 0.05) is 24.0 Å². The first-order chi connectivity index (χ1) is 8.93. The van der Waals surface area contributed by atoms with E-state index < -0.39 is 0 Å². The second kappa shape index (κ2) is 3.57. The Kier molecular flexibility index (Phi) is 1.91. The average Bonchev–Trinajstić information content (AvgIpc) is 3.05. The Hall–Kier alpha value is -2.36. The van der Waals surface area contributed by atoms with E-state index in [9.17, 15) is 0 Å². The molecule has 3 heterocycles. The molecule has 4 heteroatoms. The zero-order valence-electron chi connectivity index (χ0n) is 9.80. The molecule has 0 unspecified atom stereocenters. The van der Waals surface area contributed by atoms with Gasteiger partial charge in [0.05, 0.1) is 11.7 Å². The highest BCUT2D eigenvalue weighted by Crippen LogP contribution is 2.34. The van der Waals surface area contributed by atoms with Crippen molar-refractivity contribution in [3.63, 3.8) is 0 Å². The van der Waals surface area contributed by atoms with E-state index in [4.69, 9.17) is 0 Å². The number of nitrogens with one attached hydrogen (secondary N) is 1. The van der Waals surface area contributed by atoms with Gasteiger partial charge in [0.15, 0.2) is 0 Å². The van der Waals surface area contributed by atoms with E-state index in [2.05, 4.69) is 33.6 Å². The number of hydrogen-bond acceptors (Lipinski definition) is 3. The van der Waals surface area contributed by atoms with Gasteiger partial charge in [-0.15, -0.1) is 0 Å².